The Hall–Kier alpha value is -1.22. The van der Waals surface area contributed by atoms with Crippen LogP contribution < -0.4 is 0 Å². The lowest BCUT2D eigenvalue weighted by atomic mass is 9.95. The molecule has 0 aromatic heterocycles. The molecule has 11 nitrogen and oxygen atoms in total. The second-order valence-electron chi connectivity index (χ2n) is 9.82. The zero-order valence-corrected chi connectivity index (χ0v) is 22.3. The lowest BCUT2D eigenvalue weighted by Crippen LogP contribution is -2.68. The molecule has 0 aliphatic carbocycles. The number of hydrogen-bond acceptors (Lipinski definition) is 11. The van der Waals surface area contributed by atoms with Gasteiger partial charge in [-0.1, -0.05) is 30.3 Å². The van der Waals surface area contributed by atoms with Crippen molar-refractivity contribution < 1.29 is 52.5 Å². The maximum atomic E-state index is 11.5. The Morgan fingerprint density at radius 3 is 2.27 bits per heavy atom. The highest BCUT2D eigenvalue weighted by molar-refractivity contribution is 5.13. The second kappa shape index (κ2) is 12.8. The van der Waals surface area contributed by atoms with E-state index in [1.54, 1.807) is 21.3 Å². The molecule has 210 valence electrons. The largest absolute Gasteiger partial charge is 0.387 e. The van der Waals surface area contributed by atoms with E-state index in [1.807, 2.05) is 44.2 Å². The summed E-state index contributed by atoms with van der Waals surface area (Å²) in [6.45, 7) is 4.37. The van der Waals surface area contributed by atoms with Crippen molar-refractivity contribution in [2.75, 3.05) is 41.7 Å². The van der Waals surface area contributed by atoms with Gasteiger partial charge in [0, 0.05) is 28.4 Å². The first kappa shape index (κ1) is 28.8. The standard InChI is InChI=1S/C26H40O11/c1-26(2)33-14-17-20(37-26)22(29-4)23(30-5)25(35-17)36-19-16(13-28-3)34-24(31-6)21(18(19)27)32-12-15-10-8-7-9-11-15/h7-11,16-25,27H,12-14H2,1-6H3/t16-,17?,18?,19+,20+,21?,22+,23?,24-,25-/m0/s1. The van der Waals surface area contributed by atoms with Crippen molar-refractivity contribution in [1.29, 1.82) is 0 Å². The van der Waals surface area contributed by atoms with Gasteiger partial charge in [0.2, 0.25) is 0 Å². The number of methoxy groups -OCH3 is 4. The van der Waals surface area contributed by atoms with Crippen LogP contribution in [0.4, 0.5) is 0 Å². The van der Waals surface area contributed by atoms with Crippen LogP contribution in [0.5, 0.6) is 0 Å². The molecule has 0 spiro atoms. The molecule has 11 heteroatoms. The number of benzene rings is 1. The van der Waals surface area contributed by atoms with E-state index in [1.165, 1.54) is 7.11 Å². The van der Waals surface area contributed by atoms with Crippen LogP contribution in [0.25, 0.3) is 0 Å². The van der Waals surface area contributed by atoms with Gasteiger partial charge in [0.15, 0.2) is 18.4 Å². The summed E-state index contributed by atoms with van der Waals surface area (Å²) in [5.41, 5.74) is 0.949. The number of aliphatic hydroxyl groups excluding tert-OH is 1. The van der Waals surface area contributed by atoms with E-state index in [2.05, 4.69) is 0 Å². The maximum Gasteiger partial charge on any atom is 0.187 e. The monoisotopic (exact) mass is 528 g/mol. The van der Waals surface area contributed by atoms with E-state index in [-0.39, 0.29) is 19.8 Å². The smallest absolute Gasteiger partial charge is 0.187 e. The average molecular weight is 529 g/mol. The Labute approximate surface area is 218 Å². The van der Waals surface area contributed by atoms with Gasteiger partial charge in [0.1, 0.15) is 48.8 Å². The molecule has 3 aliphatic heterocycles. The highest BCUT2D eigenvalue weighted by atomic mass is 16.8. The second-order valence-corrected chi connectivity index (χ2v) is 9.82. The minimum Gasteiger partial charge on any atom is -0.387 e. The highest BCUT2D eigenvalue weighted by Crippen LogP contribution is 2.37. The molecule has 1 N–H and O–H groups in total. The normalized spacial score (nSPS) is 39.8. The third-order valence-electron chi connectivity index (χ3n) is 6.91. The molecule has 37 heavy (non-hydrogen) atoms. The van der Waals surface area contributed by atoms with Crippen molar-refractivity contribution >= 4 is 0 Å². The van der Waals surface area contributed by atoms with Crippen LogP contribution in [0.3, 0.4) is 0 Å². The summed E-state index contributed by atoms with van der Waals surface area (Å²) in [4.78, 5) is 0. The van der Waals surface area contributed by atoms with Gasteiger partial charge in [0.05, 0.1) is 19.8 Å². The fraction of sp³-hybridized carbons (Fsp3) is 0.769. The zero-order valence-electron chi connectivity index (χ0n) is 22.3. The number of aliphatic hydroxyl groups is 1. The fourth-order valence-corrected chi connectivity index (χ4v) is 5.08. The van der Waals surface area contributed by atoms with Crippen LogP contribution in [0.1, 0.15) is 19.4 Å². The molecule has 1 aromatic carbocycles. The third-order valence-corrected chi connectivity index (χ3v) is 6.91. The molecule has 0 amide bonds. The van der Waals surface area contributed by atoms with Gasteiger partial charge < -0.3 is 52.5 Å². The van der Waals surface area contributed by atoms with E-state index in [0.29, 0.717) is 0 Å². The lowest BCUT2D eigenvalue weighted by Gasteiger charge is -2.52. The number of hydrogen-bond donors (Lipinski definition) is 1. The van der Waals surface area contributed by atoms with Crippen molar-refractivity contribution in [3.63, 3.8) is 0 Å². The summed E-state index contributed by atoms with van der Waals surface area (Å²) in [7, 11) is 6.19. The van der Waals surface area contributed by atoms with Crippen LogP contribution >= 0.6 is 0 Å². The Balaban J connectivity index is 1.53. The minimum atomic E-state index is -1.12. The first-order chi connectivity index (χ1) is 17.8. The quantitative estimate of drug-likeness (QED) is 0.473. The van der Waals surface area contributed by atoms with Crippen molar-refractivity contribution in [1.82, 2.24) is 0 Å². The van der Waals surface area contributed by atoms with Crippen molar-refractivity contribution in [3.05, 3.63) is 35.9 Å². The summed E-state index contributed by atoms with van der Waals surface area (Å²) >= 11 is 0. The maximum absolute atomic E-state index is 11.5. The number of fused-ring (bicyclic) bond motifs is 1. The average Bonchev–Trinajstić information content (AvgIpc) is 2.89. The number of rotatable bonds is 10. The molecule has 0 radical (unpaired) electrons. The minimum absolute atomic E-state index is 0.150. The van der Waals surface area contributed by atoms with E-state index < -0.39 is 67.2 Å². The molecule has 10 atom stereocenters. The van der Waals surface area contributed by atoms with Crippen LogP contribution in [0, 0.1) is 0 Å². The molecule has 3 saturated heterocycles. The predicted molar refractivity (Wildman–Crippen MR) is 129 cm³/mol. The molecule has 0 bridgehead atoms. The van der Waals surface area contributed by atoms with Gasteiger partial charge in [-0.05, 0) is 19.4 Å². The summed E-state index contributed by atoms with van der Waals surface area (Å²) in [5, 5.41) is 11.5. The molecule has 3 aliphatic rings. The Bertz CT molecular complexity index is 824. The molecular weight excluding hydrogens is 488 g/mol. The van der Waals surface area contributed by atoms with Gasteiger partial charge in [-0.15, -0.1) is 0 Å². The predicted octanol–water partition coefficient (Wildman–Crippen LogP) is 1.24. The molecule has 0 saturated carbocycles. The Kier molecular flexibility index (Phi) is 9.92. The Morgan fingerprint density at radius 1 is 0.892 bits per heavy atom. The molecule has 4 unspecified atom stereocenters. The first-order valence-corrected chi connectivity index (χ1v) is 12.5. The van der Waals surface area contributed by atoms with Crippen molar-refractivity contribution in [2.24, 2.45) is 0 Å². The molecule has 3 heterocycles. The molecular formula is C26H40O11. The van der Waals surface area contributed by atoms with Gasteiger partial charge in [-0.3, -0.25) is 0 Å². The highest BCUT2D eigenvalue weighted by Gasteiger charge is 2.55. The van der Waals surface area contributed by atoms with Crippen LogP contribution in [0.15, 0.2) is 30.3 Å². The Morgan fingerprint density at radius 2 is 1.62 bits per heavy atom. The third kappa shape index (κ3) is 6.51. The van der Waals surface area contributed by atoms with E-state index in [4.69, 9.17) is 47.4 Å². The van der Waals surface area contributed by atoms with Crippen molar-refractivity contribution in [2.45, 2.75) is 87.7 Å². The van der Waals surface area contributed by atoms with Crippen molar-refractivity contribution in [3.8, 4) is 0 Å². The van der Waals surface area contributed by atoms with Gasteiger partial charge >= 0.3 is 0 Å². The summed E-state index contributed by atoms with van der Waals surface area (Å²) in [5.74, 6) is -0.789. The zero-order chi connectivity index (χ0) is 26.6. The van der Waals surface area contributed by atoms with E-state index in [9.17, 15) is 5.11 Å². The van der Waals surface area contributed by atoms with Crippen LogP contribution in [-0.2, 0) is 54.0 Å². The van der Waals surface area contributed by atoms with Gasteiger partial charge in [0.25, 0.3) is 0 Å². The number of ether oxygens (including phenoxy) is 10. The van der Waals surface area contributed by atoms with Gasteiger partial charge in [-0.25, -0.2) is 0 Å². The molecule has 3 fully saturated rings. The lowest BCUT2D eigenvalue weighted by molar-refractivity contribution is -0.402. The summed E-state index contributed by atoms with van der Waals surface area (Å²) in [6, 6.07) is 9.65. The van der Waals surface area contributed by atoms with Gasteiger partial charge in [-0.2, -0.15) is 0 Å². The summed E-state index contributed by atoms with van der Waals surface area (Å²) in [6.07, 6.45) is -7.31. The fourth-order valence-electron chi connectivity index (χ4n) is 5.08. The van der Waals surface area contributed by atoms with Crippen LogP contribution in [-0.4, -0.2) is 114 Å². The molecule has 1 aromatic rings. The molecule has 4 rings (SSSR count). The SMILES string of the molecule is COC[C@@H]1O[C@H](OC)C(OCc2ccccc2)C(O)[C@@H]1O[C@@H]1OC2COC(C)(C)O[C@H]2[C@@H](OC)C1OC. The summed E-state index contributed by atoms with van der Waals surface area (Å²) < 4.78 is 59.2. The topological polar surface area (TPSA) is 113 Å². The van der Waals surface area contributed by atoms with Crippen LogP contribution in [0.2, 0.25) is 0 Å². The van der Waals surface area contributed by atoms with E-state index in [0.717, 1.165) is 5.56 Å². The van der Waals surface area contributed by atoms with E-state index >= 15 is 0 Å². The first-order valence-electron chi connectivity index (χ1n) is 12.5.